The molecule has 0 spiro atoms. The molecule has 0 atom stereocenters. The molecule has 0 aromatic rings. The first-order chi connectivity index (χ1) is 0. The van der Waals surface area contributed by atoms with Crippen molar-refractivity contribution in [1.29, 1.82) is 0 Å². The van der Waals surface area contributed by atoms with Crippen molar-refractivity contribution in [1.82, 2.24) is 0 Å². The molecule has 9 heavy (non-hydrogen) atoms. The molecule has 0 N–H and O–H groups in total. The molecule has 0 unspecified atom stereocenters. The van der Waals surface area contributed by atoms with Gasteiger partial charge in [0.1, 0.15) is 0 Å². The fourth-order valence-corrected chi connectivity index (χ4v) is 0. The first-order valence-electron chi connectivity index (χ1n) is 0. The van der Waals surface area contributed by atoms with Crippen molar-refractivity contribution in [3.63, 3.8) is 0 Å². The molecule has 0 aliphatic carbocycles. The number of hydrogen-bond acceptors (Lipinski definition) is 0. The van der Waals surface area contributed by atoms with E-state index in [4.69, 9.17) is 0 Å². The van der Waals surface area contributed by atoms with Crippen molar-refractivity contribution in [2.45, 2.75) is 0 Å². The van der Waals surface area contributed by atoms with Crippen LogP contribution in [0.5, 0.6) is 0 Å². The molecule has 9 valence electrons. The maximum absolute atomic E-state index is 0. The second-order valence-electron chi connectivity index (χ2n) is 0. The van der Waals surface area contributed by atoms with E-state index in [1.165, 1.54) is 0 Å². The Hall–Kier alpha value is 5.38. The molecule has 0 aromatic heterocycles. The van der Waals surface area contributed by atoms with E-state index in [-0.39, 0.29) is 170 Å². The largest absolute Gasteiger partial charge is 0 e. The maximum atomic E-state index is 0. The van der Waals surface area contributed by atoms with Gasteiger partial charge in [-0.2, -0.15) is 0 Å². The smallest absolute Gasteiger partial charge is 0 e. The fraction of sp³-hybridized carbons (Fsp3) is 0. The van der Waals surface area contributed by atoms with Gasteiger partial charge in [0.25, 0.3) is 0 Å². The van der Waals surface area contributed by atoms with Crippen molar-refractivity contribution >= 4 is 170 Å². The molecule has 0 aliphatic rings. The van der Waals surface area contributed by atoms with Gasteiger partial charge in [-0.3, -0.25) is 0 Å². The fourth-order valence-electron chi connectivity index (χ4n) is 0. The maximum Gasteiger partial charge on any atom is 0 e. The summed E-state index contributed by atoms with van der Waals surface area (Å²) < 4.78 is 0. The van der Waals surface area contributed by atoms with Crippen LogP contribution in [0.1, 0.15) is 0 Å². The van der Waals surface area contributed by atoms with Crippen LogP contribution in [0.2, 0.25) is 0 Å². The molecule has 0 aromatic carbocycles. The van der Waals surface area contributed by atoms with Gasteiger partial charge in [0.2, 0.25) is 0 Å². The van der Waals surface area contributed by atoms with Crippen LogP contribution in [0, 0.1) is 0 Å². The van der Waals surface area contributed by atoms with E-state index in [1.807, 2.05) is 0 Å². The molecule has 0 bridgehead atoms. The van der Waals surface area contributed by atoms with E-state index in [0.717, 1.165) is 0 Å². The zero-order valence-corrected chi connectivity index (χ0v) is 9.00. The Morgan fingerprint density at radius 1 is 0.111 bits per heavy atom. The van der Waals surface area contributed by atoms with Crippen LogP contribution in [0.4, 0.5) is 0 Å². The standard InChI is InChI=1S/9Li. The van der Waals surface area contributed by atoms with Gasteiger partial charge in [0.05, 0.1) is 0 Å². The third-order valence-electron chi connectivity index (χ3n) is 0. The van der Waals surface area contributed by atoms with Gasteiger partial charge in [-0.15, -0.1) is 0 Å². The molecule has 0 nitrogen and oxygen atoms in total. The SMILES string of the molecule is [Li].[Li].[Li].[Li].[Li].[Li].[Li].[Li].[Li]. The van der Waals surface area contributed by atoms with Gasteiger partial charge in [0.15, 0.2) is 0 Å². The number of hydrogen-bond donors (Lipinski definition) is 0. The molecule has 0 rings (SSSR count). The Bertz CT molecular complexity index is 0. The van der Waals surface area contributed by atoms with Crippen LogP contribution in [0.3, 0.4) is 0 Å². The molecule has 0 fully saturated rings. The number of rotatable bonds is 0. The van der Waals surface area contributed by atoms with E-state index in [0.29, 0.717) is 0 Å². The minimum Gasteiger partial charge on any atom is 0 e. The second kappa shape index (κ2) is 70.9. The van der Waals surface area contributed by atoms with E-state index in [1.54, 1.807) is 0 Å². The van der Waals surface area contributed by atoms with Crippen molar-refractivity contribution in [3.05, 3.63) is 0 Å². The quantitative estimate of drug-likeness (QED) is 0.256. The summed E-state index contributed by atoms with van der Waals surface area (Å²) in [5.41, 5.74) is 0. The van der Waals surface area contributed by atoms with Crippen molar-refractivity contribution in [2.75, 3.05) is 0 Å². The van der Waals surface area contributed by atoms with E-state index in [2.05, 4.69) is 0 Å². The van der Waals surface area contributed by atoms with E-state index < -0.39 is 0 Å². The van der Waals surface area contributed by atoms with E-state index >= 15 is 0 Å². The van der Waals surface area contributed by atoms with Gasteiger partial charge in [-0.1, -0.05) is 0 Å². The molecule has 0 saturated heterocycles. The summed E-state index contributed by atoms with van der Waals surface area (Å²) in [6, 6.07) is 0. The normalized spacial score (nSPS) is 0. The Labute approximate surface area is 166 Å². The Morgan fingerprint density at radius 3 is 0.111 bits per heavy atom. The predicted molar refractivity (Wildman–Crippen MR) is 51.8 cm³/mol. The molecule has 9 radical (unpaired) electrons. The minimum atomic E-state index is 0. The summed E-state index contributed by atoms with van der Waals surface area (Å²) >= 11 is 0. The first-order valence-corrected chi connectivity index (χ1v) is 0. The molecule has 9 heteroatoms. The predicted octanol–water partition coefficient (Wildman–Crippen LogP) is -3.43. The van der Waals surface area contributed by atoms with Gasteiger partial charge in [-0.25, -0.2) is 0 Å². The summed E-state index contributed by atoms with van der Waals surface area (Å²) in [6.07, 6.45) is 0. The zero-order chi connectivity index (χ0) is 0. The van der Waals surface area contributed by atoms with Gasteiger partial charge >= 0.3 is 0 Å². The summed E-state index contributed by atoms with van der Waals surface area (Å²) in [4.78, 5) is 0. The molecular formula is Li9. The topological polar surface area (TPSA) is 0 Å². The van der Waals surface area contributed by atoms with Crippen molar-refractivity contribution in [2.24, 2.45) is 0 Å². The molecule has 0 saturated carbocycles. The van der Waals surface area contributed by atoms with Crippen LogP contribution in [-0.4, -0.2) is 170 Å². The second-order valence-corrected chi connectivity index (χ2v) is 0. The zero-order valence-electron chi connectivity index (χ0n) is 9.00. The Morgan fingerprint density at radius 2 is 0.111 bits per heavy atom. The van der Waals surface area contributed by atoms with Crippen molar-refractivity contribution in [3.8, 4) is 0 Å². The molecular weight excluding hydrogens is 62.5 g/mol. The summed E-state index contributed by atoms with van der Waals surface area (Å²) in [6.45, 7) is 0. The monoisotopic (exact) mass is 63.1 g/mol. The minimum absolute atomic E-state index is 0. The van der Waals surface area contributed by atoms with Crippen LogP contribution in [0.25, 0.3) is 0 Å². The van der Waals surface area contributed by atoms with Gasteiger partial charge < -0.3 is 0 Å². The Balaban J connectivity index is 0. The van der Waals surface area contributed by atoms with Crippen LogP contribution < -0.4 is 0 Å². The van der Waals surface area contributed by atoms with Crippen LogP contribution in [0.15, 0.2) is 0 Å². The van der Waals surface area contributed by atoms with Crippen LogP contribution >= 0.6 is 0 Å². The third-order valence-corrected chi connectivity index (χ3v) is 0. The van der Waals surface area contributed by atoms with Crippen LogP contribution in [-0.2, 0) is 0 Å². The summed E-state index contributed by atoms with van der Waals surface area (Å²) in [5.74, 6) is 0. The third kappa shape index (κ3) is 59.9. The average molecular weight is 62.5 g/mol. The summed E-state index contributed by atoms with van der Waals surface area (Å²) in [7, 11) is 0. The Kier molecular flexibility index (Phi) is 701. The molecule has 0 amide bonds. The first kappa shape index (κ1) is 89.0. The van der Waals surface area contributed by atoms with Gasteiger partial charge in [0, 0.05) is 170 Å². The van der Waals surface area contributed by atoms with E-state index in [9.17, 15) is 0 Å². The average Bonchev–Trinajstić information content (AvgIpc) is 0. The molecule has 0 aliphatic heterocycles. The molecule has 0 heterocycles. The van der Waals surface area contributed by atoms with Gasteiger partial charge in [-0.05, 0) is 0 Å². The summed E-state index contributed by atoms with van der Waals surface area (Å²) in [5, 5.41) is 0. The van der Waals surface area contributed by atoms with Crippen molar-refractivity contribution < 1.29 is 0 Å².